The standard InChI is InChI=1S/C7H13NO2/c1-2-3-7(6-8)9-4-5-10-7/h4-5H,2-3,6,8H2,1H3. The first-order valence-corrected chi connectivity index (χ1v) is 3.54. The van der Waals surface area contributed by atoms with Crippen molar-refractivity contribution in [2.24, 2.45) is 5.73 Å². The average Bonchev–Trinajstić information content (AvgIpc) is 2.39. The van der Waals surface area contributed by atoms with E-state index < -0.39 is 5.79 Å². The molecule has 0 aromatic heterocycles. The first-order chi connectivity index (χ1) is 4.83. The van der Waals surface area contributed by atoms with Crippen molar-refractivity contribution in [1.82, 2.24) is 0 Å². The lowest BCUT2D eigenvalue weighted by atomic mass is 10.1. The van der Waals surface area contributed by atoms with E-state index in [2.05, 4.69) is 6.92 Å². The summed E-state index contributed by atoms with van der Waals surface area (Å²) < 4.78 is 10.4. The maximum absolute atomic E-state index is 5.46. The van der Waals surface area contributed by atoms with Crippen LogP contribution in [0.5, 0.6) is 0 Å². The Labute approximate surface area is 60.8 Å². The van der Waals surface area contributed by atoms with Gasteiger partial charge in [0.1, 0.15) is 12.5 Å². The molecule has 0 aromatic carbocycles. The van der Waals surface area contributed by atoms with E-state index in [0.717, 1.165) is 12.8 Å². The van der Waals surface area contributed by atoms with Crippen molar-refractivity contribution in [1.29, 1.82) is 0 Å². The third kappa shape index (κ3) is 1.24. The Morgan fingerprint density at radius 2 is 2.00 bits per heavy atom. The third-order valence-corrected chi connectivity index (χ3v) is 1.56. The Balaban J connectivity index is 2.44. The first kappa shape index (κ1) is 7.41. The van der Waals surface area contributed by atoms with Crippen LogP contribution < -0.4 is 5.73 Å². The van der Waals surface area contributed by atoms with Gasteiger partial charge >= 0.3 is 0 Å². The lowest BCUT2D eigenvalue weighted by Gasteiger charge is -2.25. The monoisotopic (exact) mass is 143 g/mol. The summed E-state index contributed by atoms with van der Waals surface area (Å²) in [4.78, 5) is 0. The number of ether oxygens (including phenoxy) is 2. The van der Waals surface area contributed by atoms with Crippen molar-refractivity contribution in [3.63, 3.8) is 0 Å². The molecule has 58 valence electrons. The Morgan fingerprint density at radius 1 is 1.40 bits per heavy atom. The van der Waals surface area contributed by atoms with Gasteiger partial charge in [-0.2, -0.15) is 0 Å². The van der Waals surface area contributed by atoms with Crippen molar-refractivity contribution in [3.8, 4) is 0 Å². The second kappa shape index (κ2) is 2.92. The summed E-state index contributed by atoms with van der Waals surface area (Å²) in [5, 5.41) is 0. The van der Waals surface area contributed by atoms with Gasteiger partial charge in [0.05, 0.1) is 6.54 Å². The van der Waals surface area contributed by atoms with Crippen LogP contribution in [0.1, 0.15) is 19.8 Å². The van der Waals surface area contributed by atoms with Crippen molar-refractivity contribution < 1.29 is 9.47 Å². The van der Waals surface area contributed by atoms with Gasteiger partial charge in [0.2, 0.25) is 0 Å². The summed E-state index contributed by atoms with van der Waals surface area (Å²) in [5.41, 5.74) is 5.46. The van der Waals surface area contributed by atoms with Crippen LogP contribution >= 0.6 is 0 Å². The summed E-state index contributed by atoms with van der Waals surface area (Å²) in [6.07, 6.45) is 4.94. The predicted octanol–water partition coefficient (Wildman–Crippen LogP) is 0.960. The fraction of sp³-hybridized carbons (Fsp3) is 0.714. The lowest BCUT2D eigenvalue weighted by Crippen LogP contribution is -2.38. The predicted molar refractivity (Wildman–Crippen MR) is 38.0 cm³/mol. The molecule has 0 saturated heterocycles. The van der Waals surface area contributed by atoms with E-state index in [9.17, 15) is 0 Å². The molecule has 3 nitrogen and oxygen atoms in total. The molecule has 0 fully saturated rings. The zero-order chi connectivity index (χ0) is 7.45. The minimum Gasteiger partial charge on any atom is -0.456 e. The van der Waals surface area contributed by atoms with Gasteiger partial charge in [0, 0.05) is 6.42 Å². The topological polar surface area (TPSA) is 44.5 Å². The van der Waals surface area contributed by atoms with E-state index in [1.165, 1.54) is 0 Å². The van der Waals surface area contributed by atoms with Crippen LogP contribution in [0, 0.1) is 0 Å². The van der Waals surface area contributed by atoms with Crippen molar-refractivity contribution >= 4 is 0 Å². The van der Waals surface area contributed by atoms with Crippen LogP contribution in [0.25, 0.3) is 0 Å². The molecule has 0 atom stereocenters. The molecule has 0 amide bonds. The van der Waals surface area contributed by atoms with Crippen molar-refractivity contribution in [3.05, 3.63) is 12.5 Å². The SMILES string of the molecule is CCCC1(CN)OC=CO1. The molecule has 0 radical (unpaired) electrons. The van der Waals surface area contributed by atoms with Gasteiger partial charge in [0.15, 0.2) is 0 Å². The Bertz CT molecular complexity index is 126. The highest BCUT2D eigenvalue weighted by Crippen LogP contribution is 2.23. The fourth-order valence-electron chi connectivity index (χ4n) is 1.03. The smallest absolute Gasteiger partial charge is 0.262 e. The van der Waals surface area contributed by atoms with Crippen LogP contribution in [-0.4, -0.2) is 12.3 Å². The number of hydrogen-bond donors (Lipinski definition) is 1. The highest BCUT2D eigenvalue weighted by Gasteiger charge is 2.32. The third-order valence-electron chi connectivity index (χ3n) is 1.56. The van der Waals surface area contributed by atoms with Gasteiger partial charge in [0.25, 0.3) is 5.79 Å². The summed E-state index contributed by atoms with van der Waals surface area (Å²) in [5.74, 6) is -0.547. The number of nitrogens with two attached hydrogens (primary N) is 1. The molecule has 0 aromatic rings. The number of hydrogen-bond acceptors (Lipinski definition) is 3. The Morgan fingerprint density at radius 3 is 2.40 bits per heavy atom. The summed E-state index contributed by atoms with van der Waals surface area (Å²) in [7, 11) is 0. The highest BCUT2D eigenvalue weighted by atomic mass is 16.7. The Hall–Kier alpha value is -0.700. The molecule has 1 rings (SSSR count). The zero-order valence-corrected chi connectivity index (χ0v) is 6.17. The van der Waals surface area contributed by atoms with Crippen LogP contribution in [0.15, 0.2) is 12.5 Å². The average molecular weight is 143 g/mol. The van der Waals surface area contributed by atoms with E-state index in [1.54, 1.807) is 12.5 Å². The van der Waals surface area contributed by atoms with E-state index in [0.29, 0.717) is 6.54 Å². The second-order valence-corrected chi connectivity index (χ2v) is 2.37. The first-order valence-electron chi connectivity index (χ1n) is 3.54. The van der Waals surface area contributed by atoms with E-state index in [1.807, 2.05) is 0 Å². The molecular weight excluding hydrogens is 130 g/mol. The van der Waals surface area contributed by atoms with Gasteiger partial charge in [-0.1, -0.05) is 6.92 Å². The van der Waals surface area contributed by atoms with Crippen molar-refractivity contribution in [2.75, 3.05) is 6.54 Å². The van der Waals surface area contributed by atoms with Gasteiger partial charge < -0.3 is 15.2 Å². The molecule has 0 saturated carbocycles. The molecule has 0 bridgehead atoms. The van der Waals surface area contributed by atoms with E-state index >= 15 is 0 Å². The number of rotatable bonds is 3. The van der Waals surface area contributed by atoms with Crippen molar-refractivity contribution in [2.45, 2.75) is 25.6 Å². The molecule has 3 heteroatoms. The van der Waals surface area contributed by atoms with Gasteiger partial charge in [-0.3, -0.25) is 0 Å². The maximum atomic E-state index is 5.46. The van der Waals surface area contributed by atoms with E-state index in [4.69, 9.17) is 15.2 Å². The lowest BCUT2D eigenvalue weighted by molar-refractivity contribution is -0.138. The molecule has 1 aliphatic rings. The molecule has 0 unspecified atom stereocenters. The van der Waals surface area contributed by atoms with Gasteiger partial charge in [-0.05, 0) is 6.42 Å². The minimum atomic E-state index is -0.547. The molecule has 1 heterocycles. The van der Waals surface area contributed by atoms with Crippen LogP contribution in [0.4, 0.5) is 0 Å². The normalized spacial score (nSPS) is 20.2. The minimum absolute atomic E-state index is 0.411. The largest absolute Gasteiger partial charge is 0.456 e. The van der Waals surface area contributed by atoms with E-state index in [-0.39, 0.29) is 0 Å². The fourth-order valence-corrected chi connectivity index (χ4v) is 1.03. The van der Waals surface area contributed by atoms with Gasteiger partial charge in [-0.15, -0.1) is 0 Å². The second-order valence-electron chi connectivity index (χ2n) is 2.37. The summed E-state index contributed by atoms with van der Waals surface area (Å²) in [6.45, 7) is 2.48. The zero-order valence-electron chi connectivity index (χ0n) is 6.17. The molecule has 1 aliphatic heterocycles. The van der Waals surface area contributed by atoms with Crippen LogP contribution in [-0.2, 0) is 9.47 Å². The highest BCUT2D eigenvalue weighted by molar-refractivity contribution is 4.83. The molecule has 0 aliphatic carbocycles. The maximum Gasteiger partial charge on any atom is 0.262 e. The quantitative estimate of drug-likeness (QED) is 0.640. The molecule has 0 spiro atoms. The molecule has 2 N–H and O–H groups in total. The van der Waals surface area contributed by atoms with Crippen LogP contribution in [0.3, 0.4) is 0 Å². The molecular formula is C7H13NO2. The Kier molecular flexibility index (Phi) is 2.17. The summed E-state index contributed by atoms with van der Waals surface area (Å²) >= 11 is 0. The molecule has 10 heavy (non-hydrogen) atoms. The van der Waals surface area contributed by atoms with Gasteiger partial charge in [-0.25, -0.2) is 0 Å². The summed E-state index contributed by atoms with van der Waals surface area (Å²) in [6, 6.07) is 0. The van der Waals surface area contributed by atoms with Crippen LogP contribution in [0.2, 0.25) is 0 Å².